The zero-order valence-corrected chi connectivity index (χ0v) is 17.1. The molecule has 0 saturated carbocycles. The highest BCUT2D eigenvalue weighted by Crippen LogP contribution is 2.21. The molecule has 0 aliphatic heterocycles. The van der Waals surface area contributed by atoms with Gasteiger partial charge in [0.1, 0.15) is 5.82 Å². The molecule has 0 spiro atoms. The van der Waals surface area contributed by atoms with Gasteiger partial charge >= 0.3 is 0 Å². The van der Waals surface area contributed by atoms with Crippen LogP contribution in [0.4, 0.5) is 4.39 Å². The lowest BCUT2D eigenvalue weighted by molar-refractivity contribution is 0.627. The minimum absolute atomic E-state index is 0.181. The fraction of sp³-hybridized carbons (Fsp3) is 0.143. The molecule has 1 N–H and O–H groups in total. The van der Waals surface area contributed by atoms with Gasteiger partial charge in [0.05, 0.1) is 16.6 Å². The summed E-state index contributed by atoms with van der Waals surface area (Å²) >= 11 is 7.51. The largest absolute Gasteiger partial charge is 0.311 e. The van der Waals surface area contributed by atoms with Crippen molar-refractivity contribution in [2.45, 2.75) is 18.4 Å². The Balaban J connectivity index is 1.66. The third kappa shape index (κ3) is 3.88. The number of pyridine rings is 1. The minimum Gasteiger partial charge on any atom is -0.311 e. The molecular formula is C21H17ClFN3O2S. The molecule has 29 heavy (non-hydrogen) atoms. The van der Waals surface area contributed by atoms with Gasteiger partial charge in [-0.15, -0.1) is 11.8 Å². The van der Waals surface area contributed by atoms with E-state index in [1.54, 1.807) is 23.3 Å². The van der Waals surface area contributed by atoms with Gasteiger partial charge in [0.25, 0.3) is 11.1 Å². The predicted molar refractivity (Wildman–Crippen MR) is 115 cm³/mol. The molecule has 0 radical (unpaired) electrons. The standard InChI is InChI=1S/C21H17ClFN3O2S/c1-13-20-18(24-26(21(20)28)16-6-4-15(23)5-7-16)12-19(27)25(13)10-11-29-17-8-2-14(22)3-9-17/h2-9,12,24H,10-11H2,1H3. The van der Waals surface area contributed by atoms with Gasteiger partial charge in [0.2, 0.25) is 0 Å². The summed E-state index contributed by atoms with van der Waals surface area (Å²) in [7, 11) is 0. The fourth-order valence-electron chi connectivity index (χ4n) is 3.25. The molecule has 0 saturated heterocycles. The maximum atomic E-state index is 13.2. The van der Waals surface area contributed by atoms with Crippen LogP contribution in [0, 0.1) is 12.7 Å². The molecule has 8 heteroatoms. The molecule has 0 bridgehead atoms. The quantitative estimate of drug-likeness (QED) is 0.479. The van der Waals surface area contributed by atoms with Gasteiger partial charge in [-0.05, 0) is 55.5 Å². The topological polar surface area (TPSA) is 59.8 Å². The summed E-state index contributed by atoms with van der Waals surface area (Å²) < 4.78 is 16.1. The van der Waals surface area contributed by atoms with Crippen molar-refractivity contribution in [3.63, 3.8) is 0 Å². The molecule has 0 amide bonds. The highest BCUT2D eigenvalue weighted by atomic mass is 35.5. The normalized spacial score (nSPS) is 11.3. The van der Waals surface area contributed by atoms with Crippen LogP contribution in [-0.2, 0) is 6.54 Å². The average Bonchev–Trinajstić information content (AvgIpc) is 3.02. The number of nitrogens with one attached hydrogen (secondary N) is 1. The average molecular weight is 430 g/mol. The lowest BCUT2D eigenvalue weighted by atomic mass is 10.2. The number of hydrogen-bond acceptors (Lipinski definition) is 3. The molecule has 0 fully saturated rings. The molecule has 0 aliphatic carbocycles. The third-order valence-electron chi connectivity index (χ3n) is 4.70. The van der Waals surface area contributed by atoms with Crippen molar-refractivity contribution in [3.8, 4) is 5.69 Å². The molecule has 2 aromatic heterocycles. The molecule has 0 aliphatic rings. The van der Waals surface area contributed by atoms with Crippen LogP contribution in [0.1, 0.15) is 5.69 Å². The van der Waals surface area contributed by atoms with Crippen molar-refractivity contribution in [1.82, 2.24) is 14.3 Å². The molecule has 0 unspecified atom stereocenters. The Labute approximate surface area is 174 Å². The highest BCUT2D eigenvalue weighted by Gasteiger charge is 2.15. The van der Waals surface area contributed by atoms with Crippen molar-refractivity contribution in [3.05, 3.63) is 91.8 Å². The van der Waals surface area contributed by atoms with E-state index in [1.807, 2.05) is 24.3 Å². The van der Waals surface area contributed by atoms with Crippen LogP contribution >= 0.6 is 23.4 Å². The first-order valence-corrected chi connectivity index (χ1v) is 10.3. The number of fused-ring (bicyclic) bond motifs is 1. The summed E-state index contributed by atoms with van der Waals surface area (Å²) in [6, 6.07) is 14.5. The minimum atomic E-state index is -0.382. The van der Waals surface area contributed by atoms with E-state index in [2.05, 4.69) is 5.10 Å². The number of halogens is 2. The van der Waals surface area contributed by atoms with Gasteiger partial charge in [-0.25, -0.2) is 9.07 Å². The van der Waals surface area contributed by atoms with Gasteiger partial charge in [0, 0.05) is 34.0 Å². The third-order valence-corrected chi connectivity index (χ3v) is 5.95. The summed E-state index contributed by atoms with van der Waals surface area (Å²) in [4.78, 5) is 26.6. The van der Waals surface area contributed by atoms with Crippen molar-refractivity contribution >= 4 is 34.3 Å². The highest BCUT2D eigenvalue weighted by molar-refractivity contribution is 7.99. The van der Waals surface area contributed by atoms with E-state index in [-0.39, 0.29) is 16.9 Å². The van der Waals surface area contributed by atoms with E-state index in [0.717, 1.165) is 4.90 Å². The van der Waals surface area contributed by atoms with Gasteiger partial charge in [0.15, 0.2) is 0 Å². The maximum absolute atomic E-state index is 13.2. The van der Waals surface area contributed by atoms with E-state index < -0.39 is 0 Å². The molecule has 4 rings (SSSR count). The Kier molecular flexibility index (Phi) is 5.34. The van der Waals surface area contributed by atoms with Gasteiger partial charge in [-0.1, -0.05) is 11.6 Å². The number of aromatic nitrogens is 3. The Morgan fingerprint density at radius 1 is 1.07 bits per heavy atom. The first-order valence-electron chi connectivity index (χ1n) is 8.93. The zero-order chi connectivity index (χ0) is 20.5. The second-order valence-electron chi connectivity index (χ2n) is 6.54. The van der Waals surface area contributed by atoms with Gasteiger partial charge < -0.3 is 4.57 Å². The van der Waals surface area contributed by atoms with Crippen LogP contribution in [0.15, 0.2) is 69.1 Å². The van der Waals surface area contributed by atoms with Crippen molar-refractivity contribution in [2.75, 3.05) is 5.75 Å². The van der Waals surface area contributed by atoms with Crippen LogP contribution in [0.25, 0.3) is 16.6 Å². The summed E-state index contributed by atoms with van der Waals surface area (Å²) in [6.45, 7) is 2.23. The summed E-state index contributed by atoms with van der Waals surface area (Å²) in [5, 5.41) is 4.07. The number of aromatic amines is 1. The SMILES string of the molecule is Cc1c2c(=O)n(-c3ccc(F)cc3)[nH]c2cc(=O)n1CCSc1ccc(Cl)cc1. The maximum Gasteiger partial charge on any atom is 0.280 e. The number of benzene rings is 2. The number of thioether (sulfide) groups is 1. The second-order valence-corrected chi connectivity index (χ2v) is 8.14. The van der Waals surface area contributed by atoms with E-state index in [1.165, 1.54) is 35.0 Å². The zero-order valence-electron chi connectivity index (χ0n) is 15.5. The smallest absolute Gasteiger partial charge is 0.280 e. The second kappa shape index (κ2) is 7.93. The van der Waals surface area contributed by atoms with Gasteiger partial charge in [-0.3, -0.25) is 14.7 Å². The Hall–Kier alpha value is -2.77. The van der Waals surface area contributed by atoms with Crippen LogP contribution in [0.2, 0.25) is 5.02 Å². The Morgan fingerprint density at radius 3 is 2.45 bits per heavy atom. The monoisotopic (exact) mass is 429 g/mol. The molecule has 148 valence electrons. The Morgan fingerprint density at radius 2 is 1.76 bits per heavy atom. The Bertz CT molecular complexity index is 1290. The summed E-state index contributed by atoms with van der Waals surface area (Å²) in [5.41, 5.74) is 1.11. The lowest BCUT2D eigenvalue weighted by Crippen LogP contribution is -2.24. The number of nitrogens with zero attached hydrogens (tertiary/aromatic N) is 2. The lowest BCUT2D eigenvalue weighted by Gasteiger charge is -2.10. The summed E-state index contributed by atoms with van der Waals surface area (Å²) in [6.07, 6.45) is 0. The summed E-state index contributed by atoms with van der Waals surface area (Å²) in [5.74, 6) is 0.289. The molecule has 2 aromatic carbocycles. The van der Waals surface area contributed by atoms with Crippen LogP contribution < -0.4 is 11.1 Å². The molecule has 4 aromatic rings. The first-order chi connectivity index (χ1) is 13.9. The molecule has 0 atom stereocenters. The first kappa shape index (κ1) is 19.5. The van der Waals surface area contributed by atoms with E-state index in [4.69, 9.17) is 11.6 Å². The van der Waals surface area contributed by atoms with Crippen LogP contribution in [0.5, 0.6) is 0 Å². The van der Waals surface area contributed by atoms with Crippen LogP contribution in [-0.4, -0.2) is 20.1 Å². The van der Waals surface area contributed by atoms with E-state index in [0.29, 0.717) is 39.6 Å². The predicted octanol–water partition coefficient (Wildman–Crippen LogP) is 4.37. The number of aryl methyl sites for hydroxylation is 1. The fourth-order valence-corrected chi connectivity index (χ4v) is 4.21. The number of hydrogen-bond donors (Lipinski definition) is 1. The van der Waals surface area contributed by atoms with Crippen LogP contribution in [0.3, 0.4) is 0 Å². The molecule has 2 heterocycles. The molecule has 5 nitrogen and oxygen atoms in total. The van der Waals surface area contributed by atoms with Crippen molar-refractivity contribution in [2.24, 2.45) is 0 Å². The van der Waals surface area contributed by atoms with Gasteiger partial charge in [-0.2, -0.15) is 0 Å². The number of rotatable bonds is 5. The van der Waals surface area contributed by atoms with E-state index >= 15 is 0 Å². The number of H-pyrrole nitrogens is 1. The van der Waals surface area contributed by atoms with Crippen molar-refractivity contribution in [1.29, 1.82) is 0 Å². The molecular weight excluding hydrogens is 413 g/mol. The van der Waals surface area contributed by atoms with Crippen molar-refractivity contribution < 1.29 is 4.39 Å². The van der Waals surface area contributed by atoms with E-state index in [9.17, 15) is 14.0 Å².